The first-order valence-corrected chi connectivity index (χ1v) is 6.52. The summed E-state index contributed by atoms with van der Waals surface area (Å²) in [6.45, 7) is 6.94. The number of anilines is 2. The Hall–Kier alpha value is -1.36. The lowest BCUT2D eigenvalue weighted by Gasteiger charge is -2.09. The van der Waals surface area contributed by atoms with Crippen LogP contribution in [-0.2, 0) is 4.74 Å². The molecule has 18 heavy (non-hydrogen) atoms. The van der Waals surface area contributed by atoms with Crippen LogP contribution in [0, 0.1) is 5.92 Å². The number of methoxy groups -OCH3 is 1. The number of rotatable bonds is 9. The molecule has 0 aromatic carbocycles. The van der Waals surface area contributed by atoms with Gasteiger partial charge in [0.05, 0.1) is 0 Å². The quantitative estimate of drug-likeness (QED) is 0.661. The van der Waals surface area contributed by atoms with Crippen LogP contribution in [-0.4, -0.2) is 36.8 Å². The molecule has 2 N–H and O–H groups in total. The second-order valence-corrected chi connectivity index (χ2v) is 4.65. The van der Waals surface area contributed by atoms with Crippen molar-refractivity contribution in [3.8, 4) is 0 Å². The monoisotopic (exact) mass is 252 g/mol. The van der Waals surface area contributed by atoms with E-state index >= 15 is 0 Å². The minimum absolute atomic E-state index is 0.687. The van der Waals surface area contributed by atoms with E-state index in [0.29, 0.717) is 11.9 Å². The zero-order chi connectivity index (χ0) is 13.2. The van der Waals surface area contributed by atoms with Crippen LogP contribution < -0.4 is 10.6 Å². The van der Waals surface area contributed by atoms with Crippen molar-refractivity contribution in [3.05, 3.63) is 12.3 Å². The molecular formula is C13H24N4O. The summed E-state index contributed by atoms with van der Waals surface area (Å²) in [7, 11) is 1.71. The summed E-state index contributed by atoms with van der Waals surface area (Å²) in [5.74, 6) is 2.23. The van der Waals surface area contributed by atoms with Gasteiger partial charge in [-0.3, -0.25) is 0 Å². The van der Waals surface area contributed by atoms with Crippen LogP contribution in [0.1, 0.15) is 26.7 Å². The van der Waals surface area contributed by atoms with Crippen molar-refractivity contribution in [2.45, 2.75) is 26.7 Å². The molecular weight excluding hydrogens is 228 g/mol. The van der Waals surface area contributed by atoms with Gasteiger partial charge in [0.1, 0.15) is 5.82 Å². The molecule has 5 heteroatoms. The van der Waals surface area contributed by atoms with Gasteiger partial charge in [0, 0.05) is 33.0 Å². The van der Waals surface area contributed by atoms with Crippen LogP contribution in [0.15, 0.2) is 12.3 Å². The Morgan fingerprint density at radius 1 is 1.28 bits per heavy atom. The standard InChI is InChI=1S/C13H24N4O/c1-11(2)5-8-15-13-16-9-6-12(17-13)14-7-4-10-18-3/h6,9,11H,4-5,7-8,10H2,1-3H3,(H2,14,15,16,17). The number of hydrogen-bond acceptors (Lipinski definition) is 5. The van der Waals surface area contributed by atoms with Crippen LogP contribution in [0.2, 0.25) is 0 Å². The predicted octanol–water partition coefficient (Wildman–Crippen LogP) is 2.38. The molecule has 0 aliphatic rings. The SMILES string of the molecule is COCCCNc1ccnc(NCCC(C)C)n1. The Kier molecular flexibility index (Phi) is 7.10. The van der Waals surface area contributed by atoms with E-state index in [2.05, 4.69) is 34.4 Å². The van der Waals surface area contributed by atoms with Crippen molar-refractivity contribution in [3.63, 3.8) is 0 Å². The lowest BCUT2D eigenvalue weighted by molar-refractivity contribution is 0.198. The maximum atomic E-state index is 4.99. The molecule has 1 rings (SSSR count). The molecule has 1 aromatic rings. The Morgan fingerprint density at radius 2 is 2.11 bits per heavy atom. The highest BCUT2D eigenvalue weighted by atomic mass is 16.5. The van der Waals surface area contributed by atoms with Gasteiger partial charge >= 0.3 is 0 Å². The first-order chi connectivity index (χ1) is 8.72. The molecule has 1 aromatic heterocycles. The highest BCUT2D eigenvalue weighted by molar-refractivity contribution is 5.39. The lowest BCUT2D eigenvalue weighted by Crippen LogP contribution is -2.10. The molecule has 0 saturated carbocycles. The van der Waals surface area contributed by atoms with Crippen molar-refractivity contribution >= 4 is 11.8 Å². The van der Waals surface area contributed by atoms with E-state index in [0.717, 1.165) is 38.4 Å². The topological polar surface area (TPSA) is 59.1 Å². The minimum atomic E-state index is 0.687. The van der Waals surface area contributed by atoms with E-state index in [9.17, 15) is 0 Å². The number of nitrogens with one attached hydrogen (secondary N) is 2. The highest BCUT2D eigenvalue weighted by Crippen LogP contribution is 2.06. The third-order valence-corrected chi connectivity index (χ3v) is 2.49. The van der Waals surface area contributed by atoms with Gasteiger partial charge in [-0.05, 0) is 24.8 Å². The molecule has 0 fully saturated rings. The first-order valence-electron chi connectivity index (χ1n) is 6.52. The summed E-state index contributed by atoms with van der Waals surface area (Å²) in [4.78, 5) is 8.59. The van der Waals surface area contributed by atoms with Gasteiger partial charge in [0.15, 0.2) is 0 Å². The zero-order valence-corrected chi connectivity index (χ0v) is 11.6. The maximum absolute atomic E-state index is 4.99. The number of ether oxygens (including phenoxy) is 1. The summed E-state index contributed by atoms with van der Waals surface area (Å²) in [6.07, 6.45) is 3.86. The molecule has 102 valence electrons. The average molecular weight is 252 g/mol. The van der Waals surface area contributed by atoms with Gasteiger partial charge in [-0.15, -0.1) is 0 Å². The molecule has 0 radical (unpaired) electrons. The summed E-state index contributed by atoms with van der Waals surface area (Å²) >= 11 is 0. The Morgan fingerprint density at radius 3 is 2.83 bits per heavy atom. The van der Waals surface area contributed by atoms with E-state index in [4.69, 9.17) is 4.74 Å². The number of nitrogens with zero attached hydrogens (tertiary/aromatic N) is 2. The summed E-state index contributed by atoms with van der Waals surface area (Å²) in [5.41, 5.74) is 0. The normalized spacial score (nSPS) is 10.7. The third-order valence-electron chi connectivity index (χ3n) is 2.49. The molecule has 0 amide bonds. The highest BCUT2D eigenvalue weighted by Gasteiger charge is 1.99. The maximum Gasteiger partial charge on any atom is 0.224 e. The zero-order valence-electron chi connectivity index (χ0n) is 11.6. The molecule has 0 atom stereocenters. The molecule has 0 unspecified atom stereocenters. The summed E-state index contributed by atoms with van der Waals surface area (Å²) in [5, 5.41) is 6.48. The number of hydrogen-bond donors (Lipinski definition) is 2. The minimum Gasteiger partial charge on any atom is -0.385 e. The smallest absolute Gasteiger partial charge is 0.224 e. The largest absolute Gasteiger partial charge is 0.385 e. The van der Waals surface area contributed by atoms with Crippen LogP contribution in [0.5, 0.6) is 0 Å². The van der Waals surface area contributed by atoms with Crippen LogP contribution in [0.4, 0.5) is 11.8 Å². The van der Waals surface area contributed by atoms with Crippen molar-refractivity contribution in [1.29, 1.82) is 0 Å². The second kappa shape index (κ2) is 8.69. The van der Waals surface area contributed by atoms with E-state index in [1.807, 2.05) is 6.07 Å². The van der Waals surface area contributed by atoms with Gasteiger partial charge in [-0.1, -0.05) is 13.8 Å². The fourth-order valence-electron chi connectivity index (χ4n) is 1.45. The van der Waals surface area contributed by atoms with Crippen LogP contribution in [0.25, 0.3) is 0 Å². The van der Waals surface area contributed by atoms with E-state index in [1.54, 1.807) is 13.3 Å². The van der Waals surface area contributed by atoms with Crippen LogP contribution in [0.3, 0.4) is 0 Å². The predicted molar refractivity (Wildman–Crippen MR) is 75.0 cm³/mol. The van der Waals surface area contributed by atoms with Gasteiger partial charge in [-0.25, -0.2) is 4.98 Å². The van der Waals surface area contributed by atoms with Crippen molar-refractivity contribution in [2.75, 3.05) is 37.4 Å². The molecule has 1 heterocycles. The van der Waals surface area contributed by atoms with E-state index in [1.165, 1.54) is 0 Å². The summed E-state index contributed by atoms with van der Waals surface area (Å²) in [6, 6.07) is 1.88. The lowest BCUT2D eigenvalue weighted by atomic mass is 10.1. The molecule has 0 saturated heterocycles. The van der Waals surface area contributed by atoms with Crippen molar-refractivity contribution in [2.24, 2.45) is 5.92 Å². The Bertz CT molecular complexity index is 331. The van der Waals surface area contributed by atoms with Gasteiger partial charge in [0.25, 0.3) is 0 Å². The van der Waals surface area contributed by atoms with Gasteiger partial charge in [0.2, 0.25) is 5.95 Å². The second-order valence-electron chi connectivity index (χ2n) is 4.65. The molecule has 0 bridgehead atoms. The summed E-state index contributed by atoms with van der Waals surface area (Å²) < 4.78 is 4.99. The van der Waals surface area contributed by atoms with E-state index < -0.39 is 0 Å². The average Bonchev–Trinajstić information content (AvgIpc) is 2.35. The van der Waals surface area contributed by atoms with Gasteiger partial charge < -0.3 is 15.4 Å². The fourth-order valence-corrected chi connectivity index (χ4v) is 1.45. The number of aromatic nitrogens is 2. The first kappa shape index (κ1) is 14.7. The van der Waals surface area contributed by atoms with Crippen molar-refractivity contribution in [1.82, 2.24) is 9.97 Å². The van der Waals surface area contributed by atoms with Crippen molar-refractivity contribution < 1.29 is 4.74 Å². The third kappa shape index (κ3) is 6.39. The molecule has 0 spiro atoms. The Labute approximate surface area is 109 Å². The Balaban J connectivity index is 2.32. The molecule has 0 aliphatic carbocycles. The van der Waals surface area contributed by atoms with E-state index in [-0.39, 0.29) is 0 Å². The molecule has 0 aliphatic heterocycles. The fraction of sp³-hybridized carbons (Fsp3) is 0.692. The van der Waals surface area contributed by atoms with Gasteiger partial charge in [-0.2, -0.15) is 4.98 Å². The van der Waals surface area contributed by atoms with Crippen LogP contribution >= 0.6 is 0 Å². The molecule has 5 nitrogen and oxygen atoms in total.